The van der Waals surface area contributed by atoms with Gasteiger partial charge in [0.05, 0.1) is 18.2 Å². The summed E-state index contributed by atoms with van der Waals surface area (Å²) in [5, 5.41) is 4.16. The first kappa shape index (κ1) is 23.3. The Bertz CT molecular complexity index is 1310. The zero-order chi connectivity index (χ0) is 25.0. The SMILES string of the molecule is O=C(Cc1cc(-c2ccc3c(c2)OCCO3)on1)N1CCN(C(c2ccccc2)c2ccccc2)CC1. The molecule has 3 aromatic carbocycles. The molecule has 4 aromatic rings. The predicted octanol–water partition coefficient (Wildman–Crippen LogP) is 4.59. The van der Waals surface area contributed by atoms with Gasteiger partial charge in [-0.2, -0.15) is 0 Å². The Balaban J connectivity index is 1.10. The van der Waals surface area contributed by atoms with Crippen molar-refractivity contribution in [3.63, 3.8) is 0 Å². The molecule has 1 aromatic heterocycles. The molecule has 0 N–H and O–H groups in total. The van der Waals surface area contributed by atoms with Gasteiger partial charge in [-0.1, -0.05) is 65.8 Å². The minimum atomic E-state index is 0.0673. The van der Waals surface area contributed by atoms with E-state index in [1.807, 2.05) is 41.3 Å². The number of benzene rings is 3. The molecule has 0 aliphatic carbocycles. The summed E-state index contributed by atoms with van der Waals surface area (Å²) in [6.07, 6.45) is 0.217. The monoisotopic (exact) mass is 495 g/mol. The summed E-state index contributed by atoms with van der Waals surface area (Å²) in [5.74, 6) is 2.10. The number of piperazine rings is 1. The van der Waals surface area contributed by atoms with Crippen molar-refractivity contribution < 1.29 is 18.8 Å². The number of fused-ring (bicyclic) bond motifs is 1. The third-order valence-corrected chi connectivity index (χ3v) is 6.98. The largest absolute Gasteiger partial charge is 0.486 e. The van der Waals surface area contributed by atoms with Gasteiger partial charge in [0.25, 0.3) is 0 Å². The molecule has 2 aliphatic heterocycles. The number of ether oxygens (including phenoxy) is 2. The molecule has 3 heterocycles. The van der Waals surface area contributed by atoms with E-state index in [2.05, 4.69) is 58.6 Å². The van der Waals surface area contributed by atoms with Gasteiger partial charge >= 0.3 is 0 Å². The van der Waals surface area contributed by atoms with Crippen LogP contribution in [0.5, 0.6) is 11.5 Å². The van der Waals surface area contributed by atoms with Crippen molar-refractivity contribution in [2.24, 2.45) is 0 Å². The lowest BCUT2D eigenvalue weighted by Gasteiger charge is -2.39. The minimum Gasteiger partial charge on any atom is -0.486 e. The lowest BCUT2D eigenvalue weighted by atomic mass is 9.96. The van der Waals surface area contributed by atoms with E-state index in [9.17, 15) is 4.79 Å². The van der Waals surface area contributed by atoms with Gasteiger partial charge in [0.15, 0.2) is 17.3 Å². The third-order valence-electron chi connectivity index (χ3n) is 6.98. The van der Waals surface area contributed by atoms with Crippen LogP contribution in [0.15, 0.2) is 89.5 Å². The van der Waals surface area contributed by atoms with Crippen molar-refractivity contribution in [3.05, 3.63) is 102 Å². The second-order valence-electron chi connectivity index (χ2n) is 9.36. The molecule has 0 bridgehead atoms. The standard InChI is InChI=1S/C30H29N3O4/c34-29(21-25-20-27(37-31-25)24-11-12-26-28(19-24)36-18-17-35-26)32-13-15-33(16-14-32)30(22-7-3-1-4-8-22)23-9-5-2-6-10-23/h1-12,19-20,30H,13-18,21H2. The summed E-state index contributed by atoms with van der Waals surface area (Å²) >= 11 is 0. The smallest absolute Gasteiger partial charge is 0.228 e. The van der Waals surface area contributed by atoms with Gasteiger partial charge in [-0.3, -0.25) is 9.69 Å². The number of nitrogens with zero attached hydrogens (tertiary/aromatic N) is 3. The van der Waals surface area contributed by atoms with E-state index in [1.165, 1.54) is 11.1 Å². The fraction of sp³-hybridized carbons (Fsp3) is 0.267. The zero-order valence-corrected chi connectivity index (χ0v) is 20.6. The number of hydrogen-bond acceptors (Lipinski definition) is 6. The van der Waals surface area contributed by atoms with Crippen molar-refractivity contribution in [1.29, 1.82) is 0 Å². The van der Waals surface area contributed by atoms with Crippen molar-refractivity contribution in [2.75, 3.05) is 39.4 Å². The van der Waals surface area contributed by atoms with Gasteiger partial charge in [-0.05, 0) is 29.3 Å². The summed E-state index contributed by atoms with van der Waals surface area (Å²) in [6.45, 7) is 4.05. The minimum absolute atomic E-state index is 0.0673. The summed E-state index contributed by atoms with van der Waals surface area (Å²) in [6, 6.07) is 28.8. The molecule has 0 unspecified atom stereocenters. The molecule has 0 radical (unpaired) electrons. The fourth-order valence-corrected chi connectivity index (χ4v) is 5.11. The lowest BCUT2D eigenvalue weighted by Crippen LogP contribution is -2.50. The van der Waals surface area contributed by atoms with E-state index < -0.39 is 0 Å². The Morgan fingerprint density at radius 3 is 2.11 bits per heavy atom. The lowest BCUT2D eigenvalue weighted by molar-refractivity contribution is -0.132. The maximum Gasteiger partial charge on any atom is 0.228 e. The second kappa shape index (κ2) is 10.5. The Labute approximate surface area is 216 Å². The van der Waals surface area contributed by atoms with Crippen LogP contribution >= 0.6 is 0 Å². The van der Waals surface area contributed by atoms with Gasteiger partial charge in [0.1, 0.15) is 13.2 Å². The van der Waals surface area contributed by atoms with Crippen molar-refractivity contribution in [1.82, 2.24) is 15.0 Å². The molecular formula is C30H29N3O4. The van der Waals surface area contributed by atoms with E-state index in [1.54, 1.807) is 0 Å². The average Bonchev–Trinajstić information content (AvgIpc) is 3.43. The van der Waals surface area contributed by atoms with Gasteiger partial charge in [0, 0.05) is 37.8 Å². The normalized spacial score (nSPS) is 15.6. The summed E-state index contributed by atoms with van der Waals surface area (Å²) in [4.78, 5) is 17.5. The molecule has 7 heteroatoms. The first-order valence-electron chi connectivity index (χ1n) is 12.7. The summed E-state index contributed by atoms with van der Waals surface area (Å²) < 4.78 is 16.8. The van der Waals surface area contributed by atoms with E-state index in [-0.39, 0.29) is 18.4 Å². The third kappa shape index (κ3) is 5.08. The number of aromatic nitrogens is 1. The summed E-state index contributed by atoms with van der Waals surface area (Å²) in [7, 11) is 0. The Morgan fingerprint density at radius 2 is 1.43 bits per heavy atom. The molecule has 2 aliphatic rings. The van der Waals surface area contributed by atoms with Crippen LogP contribution in [-0.2, 0) is 11.2 Å². The van der Waals surface area contributed by atoms with E-state index in [0.717, 1.165) is 24.4 Å². The average molecular weight is 496 g/mol. The molecule has 1 amide bonds. The van der Waals surface area contributed by atoms with Crippen LogP contribution < -0.4 is 9.47 Å². The number of hydrogen-bond donors (Lipinski definition) is 0. The Hall–Kier alpha value is -4.10. The maximum absolute atomic E-state index is 13.1. The quantitative estimate of drug-likeness (QED) is 0.390. The number of amides is 1. The number of carbonyl (C=O) groups excluding carboxylic acids is 1. The highest BCUT2D eigenvalue weighted by Gasteiger charge is 2.28. The first-order chi connectivity index (χ1) is 18.2. The highest BCUT2D eigenvalue weighted by Crippen LogP contribution is 2.35. The van der Waals surface area contributed by atoms with E-state index >= 15 is 0 Å². The molecule has 1 saturated heterocycles. The van der Waals surface area contributed by atoms with Crippen LogP contribution in [-0.4, -0.2) is 60.3 Å². The Morgan fingerprint density at radius 1 is 0.784 bits per heavy atom. The van der Waals surface area contributed by atoms with Crippen LogP contribution in [0.1, 0.15) is 22.9 Å². The summed E-state index contributed by atoms with van der Waals surface area (Å²) in [5.41, 5.74) is 4.01. The Kier molecular flexibility index (Phi) is 6.60. The highest BCUT2D eigenvalue weighted by atomic mass is 16.6. The molecule has 1 fully saturated rings. The predicted molar refractivity (Wildman–Crippen MR) is 140 cm³/mol. The van der Waals surface area contributed by atoms with E-state index in [4.69, 9.17) is 14.0 Å². The zero-order valence-electron chi connectivity index (χ0n) is 20.6. The molecule has 0 saturated carbocycles. The molecule has 37 heavy (non-hydrogen) atoms. The highest BCUT2D eigenvalue weighted by molar-refractivity contribution is 5.79. The second-order valence-corrected chi connectivity index (χ2v) is 9.36. The topological polar surface area (TPSA) is 68.0 Å². The number of carbonyl (C=O) groups is 1. The molecular weight excluding hydrogens is 466 g/mol. The fourth-order valence-electron chi connectivity index (χ4n) is 5.11. The van der Waals surface area contributed by atoms with Crippen molar-refractivity contribution in [3.8, 4) is 22.8 Å². The molecule has 188 valence electrons. The number of rotatable bonds is 6. The van der Waals surface area contributed by atoms with Gasteiger partial charge in [-0.15, -0.1) is 0 Å². The van der Waals surface area contributed by atoms with Crippen LogP contribution in [0.25, 0.3) is 11.3 Å². The molecule has 0 atom stereocenters. The van der Waals surface area contributed by atoms with Crippen LogP contribution in [0, 0.1) is 0 Å². The molecule has 0 spiro atoms. The van der Waals surface area contributed by atoms with Crippen LogP contribution in [0.2, 0.25) is 0 Å². The molecule has 7 nitrogen and oxygen atoms in total. The maximum atomic E-state index is 13.1. The van der Waals surface area contributed by atoms with Crippen LogP contribution in [0.4, 0.5) is 0 Å². The molecule has 6 rings (SSSR count). The van der Waals surface area contributed by atoms with E-state index in [0.29, 0.717) is 43.5 Å². The van der Waals surface area contributed by atoms with Gasteiger partial charge in [-0.25, -0.2) is 0 Å². The van der Waals surface area contributed by atoms with Gasteiger partial charge < -0.3 is 18.9 Å². The van der Waals surface area contributed by atoms with Crippen LogP contribution in [0.3, 0.4) is 0 Å². The van der Waals surface area contributed by atoms with Crippen molar-refractivity contribution >= 4 is 5.91 Å². The van der Waals surface area contributed by atoms with Gasteiger partial charge in [0.2, 0.25) is 5.91 Å². The first-order valence-corrected chi connectivity index (χ1v) is 12.7. The van der Waals surface area contributed by atoms with Crippen molar-refractivity contribution in [2.45, 2.75) is 12.5 Å².